The molecule has 1 atom stereocenters. The van der Waals surface area contributed by atoms with E-state index >= 15 is 0 Å². The van der Waals surface area contributed by atoms with Crippen molar-refractivity contribution in [1.82, 2.24) is 4.98 Å². The minimum Gasteiger partial charge on any atom is -0.411 e. The number of oxime groups is 1. The van der Waals surface area contributed by atoms with Crippen LogP contribution < -0.4 is 0 Å². The molecular weight excluding hydrogens is 224 g/mol. The molecule has 1 saturated carbocycles. The van der Waals surface area contributed by atoms with Gasteiger partial charge in [-0.05, 0) is 31.4 Å². The number of hydrogen-bond donors (Lipinski definition) is 1. The summed E-state index contributed by atoms with van der Waals surface area (Å²) >= 11 is 0. The standard InChI is InChI=1S/C15H16N2O/c18-17-15-8-4-2-6-12(15)14-10-9-11-5-1-3-7-13(11)16-14/h1,3,5,7,9-10,12,18H,2,4,6,8H2/b17-15-. The van der Waals surface area contributed by atoms with Crippen LogP contribution in [0.25, 0.3) is 10.9 Å². The Morgan fingerprint density at radius 3 is 2.89 bits per heavy atom. The Labute approximate surface area is 106 Å². The predicted octanol–water partition coefficient (Wildman–Crippen LogP) is 3.72. The fraction of sp³-hybridized carbons (Fsp3) is 0.333. The number of aromatic nitrogens is 1. The first-order chi connectivity index (χ1) is 8.88. The van der Waals surface area contributed by atoms with Crippen molar-refractivity contribution in [1.29, 1.82) is 0 Å². The number of hydrogen-bond acceptors (Lipinski definition) is 3. The van der Waals surface area contributed by atoms with Crippen LogP contribution in [0.2, 0.25) is 0 Å². The Balaban J connectivity index is 2.02. The molecule has 1 aliphatic rings. The van der Waals surface area contributed by atoms with E-state index in [1.165, 1.54) is 6.42 Å². The van der Waals surface area contributed by atoms with Crippen LogP contribution >= 0.6 is 0 Å². The van der Waals surface area contributed by atoms with E-state index < -0.39 is 0 Å². The van der Waals surface area contributed by atoms with Gasteiger partial charge in [-0.3, -0.25) is 4.98 Å². The third kappa shape index (κ3) is 1.96. The maximum atomic E-state index is 9.10. The Morgan fingerprint density at radius 2 is 2.00 bits per heavy atom. The molecule has 1 N–H and O–H groups in total. The van der Waals surface area contributed by atoms with Gasteiger partial charge in [-0.15, -0.1) is 0 Å². The second kappa shape index (κ2) is 4.77. The highest BCUT2D eigenvalue weighted by Gasteiger charge is 2.23. The SMILES string of the molecule is O/N=C1/CCCCC1c1ccc2ccccc2n1. The minimum absolute atomic E-state index is 0.188. The van der Waals surface area contributed by atoms with Gasteiger partial charge in [0.2, 0.25) is 0 Å². The summed E-state index contributed by atoms with van der Waals surface area (Å²) in [6.07, 6.45) is 4.21. The van der Waals surface area contributed by atoms with Crippen LogP contribution in [0.3, 0.4) is 0 Å². The summed E-state index contributed by atoms with van der Waals surface area (Å²) in [7, 11) is 0. The van der Waals surface area contributed by atoms with Gasteiger partial charge in [-0.25, -0.2) is 0 Å². The Hall–Kier alpha value is -1.90. The van der Waals surface area contributed by atoms with Crippen molar-refractivity contribution >= 4 is 16.6 Å². The molecule has 18 heavy (non-hydrogen) atoms. The third-order valence-corrected chi connectivity index (χ3v) is 3.68. The first-order valence-corrected chi connectivity index (χ1v) is 6.45. The normalized spacial score (nSPS) is 22.4. The van der Waals surface area contributed by atoms with Crippen molar-refractivity contribution in [3.8, 4) is 0 Å². The van der Waals surface area contributed by atoms with Crippen molar-refractivity contribution < 1.29 is 5.21 Å². The molecule has 0 bridgehead atoms. The summed E-state index contributed by atoms with van der Waals surface area (Å²) in [5.41, 5.74) is 2.92. The van der Waals surface area contributed by atoms with Gasteiger partial charge in [-0.1, -0.05) is 35.8 Å². The first-order valence-electron chi connectivity index (χ1n) is 6.45. The molecule has 1 aromatic carbocycles. The van der Waals surface area contributed by atoms with Gasteiger partial charge in [0.15, 0.2) is 0 Å². The average molecular weight is 240 g/mol. The number of para-hydroxylation sites is 1. The maximum Gasteiger partial charge on any atom is 0.0705 e. The summed E-state index contributed by atoms with van der Waals surface area (Å²) in [4.78, 5) is 4.71. The number of benzene rings is 1. The van der Waals surface area contributed by atoms with E-state index in [9.17, 15) is 0 Å². The number of fused-ring (bicyclic) bond motifs is 1. The zero-order chi connectivity index (χ0) is 12.4. The van der Waals surface area contributed by atoms with Crippen LogP contribution in [0.15, 0.2) is 41.6 Å². The van der Waals surface area contributed by atoms with Gasteiger partial charge < -0.3 is 5.21 Å². The lowest BCUT2D eigenvalue weighted by atomic mass is 9.84. The van der Waals surface area contributed by atoms with E-state index in [-0.39, 0.29) is 5.92 Å². The van der Waals surface area contributed by atoms with E-state index in [0.29, 0.717) is 0 Å². The van der Waals surface area contributed by atoms with E-state index in [1.54, 1.807) is 0 Å². The Kier molecular flexibility index (Phi) is 2.97. The third-order valence-electron chi connectivity index (χ3n) is 3.68. The molecule has 0 saturated heterocycles. The van der Waals surface area contributed by atoms with E-state index in [1.807, 2.05) is 18.2 Å². The summed E-state index contributed by atoms with van der Waals surface area (Å²) in [6.45, 7) is 0. The molecule has 1 aromatic heterocycles. The van der Waals surface area contributed by atoms with Crippen LogP contribution in [0, 0.1) is 0 Å². The zero-order valence-electron chi connectivity index (χ0n) is 10.2. The van der Waals surface area contributed by atoms with Crippen LogP contribution in [0.1, 0.15) is 37.3 Å². The van der Waals surface area contributed by atoms with Gasteiger partial charge in [-0.2, -0.15) is 0 Å². The van der Waals surface area contributed by atoms with Crippen molar-refractivity contribution in [2.75, 3.05) is 0 Å². The van der Waals surface area contributed by atoms with Crippen LogP contribution in [0.5, 0.6) is 0 Å². The molecule has 0 spiro atoms. The minimum atomic E-state index is 0.188. The summed E-state index contributed by atoms with van der Waals surface area (Å²) in [5.74, 6) is 0.188. The van der Waals surface area contributed by atoms with E-state index in [2.05, 4.69) is 23.4 Å². The van der Waals surface area contributed by atoms with Crippen LogP contribution in [-0.4, -0.2) is 15.9 Å². The van der Waals surface area contributed by atoms with Crippen molar-refractivity contribution in [2.45, 2.75) is 31.6 Å². The van der Waals surface area contributed by atoms with Gasteiger partial charge in [0.05, 0.1) is 11.2 Å². The molecule has 2 aromatic rings. The molecule has 0 amide bonds. The lowest BCUT2D eigenvalue weighted by molar-refractivity contribution is 0.312. The van der Waals surface area contributed by atoms with Crippen molar-refractivity contribution in [3.05, 3.63) is 42.1 Å². The molecule has 0 aliphatic heterocycles. The molecule has 3 rings (SSSR count). The van der Waals surface area contributed by atoms with Gasteiger partial charge in [0, 0.05) is 17.0 Å². The molecule has 1 unspecified atom stereocenters. The first kappa shape index (κ1) is 11.2. The van der Waals surface area contributed by atoms with Crippen molar-refractivity contribution in [2.24, 2.45) is 5.16 Å². The van der Waals surface area contributed by atoms with Crippen molar-refractivity contribution in [3.63, 3.8) is 0 Å². The number of nitrogens with zero attached hydrogens (tertiary/aromatic N) is 2. The van der Waals surface area contributed by atoms with E-state index in [4.69, 9.17) is 10.2 Å². The summed E-state index contributed by atoms with van der Waals surface area (Å²) < 4.78 is 0. The average Bonchev–Trinajstić information content (AvgIpc) is 2.46. The maximum absolute atomic E-state index is 9.10. The summed E-state index contributed by atoms with van der Waals surface area (Å²) in [5, 5.41) is 13.7. The fourth-order valence-corrected chi connectivity index (χ4v) is 2.71. The Morgan fingerprint density at radius 1 is 1.11 bits per heavy atom. The second-order valence-corrected chi connectivity index (χ2v) is 4.82. The van der Waals surface area contributed by atoms with Gasteiger partial charge in [0.25, 0.3) is 0 Å². The molecule has 3 heteroatoms. The van der Waals surface area contributed by atoms with E-state index in [0.717, 1.165) is 41.6 Å². The predicted molar refractivity (Wildman–Crippen MR) is 72.2 cm³/mol. The molecule has 1 heterocycles. The lowest BCUT2D eigenvalue weighted by Gasteiger charge is -2.22. The number of pyridine rings is 1. The smallest absolute Gasteiger partial charge is 0.0705 e. The molecule has 3 nitrogen and oxygen atoms in total. The van der Waals surface area contributed by atoms with Crippen LogP contribution in [0.4, 0.5) is 0 Å². The highest BCUT2D eigenvalue weighted by molar-refractivity contribution is 5.91. The highest BCUT2D eigenvalue weighted by Crippen LogP contribution is 2.30. The summed E-state index contributed by atoms with van der Waals surface area (Å²) in [6, 6.07) is 12.3. The largest absolute Gasteiger partial charge is 0.411 e. The van der Waals surface area contributed by atoms with Crippen LogP contribution in [-0.2, 0) is 0 Å². The molecule has 1 fully saturated rings. The number of rotatable bonds is 1. The lowest BCUT2D eigenvalue weighted by Crippen LogP contribution is -2.18. The zero-order valence-corrected chi connectivity index (χ0v) is 10.2. The second-order valence-electron chi connectivity index (χ2n) is 4.82. The molecule has 92 valence electrons. The molecular formula is C15H16N2O. The van der Waals surface area contributed by atoms with Gasteiger partial charge >= 0.3 is 0 Å². The highest BCUT2D eigenvalue weighted by atomic mass is 16.4. The molecule has 0 radical (unpaired) electrons. The monoisotopic (exact) mass is 240 g/mol. The Bertz CT molecular complexity index is 592. The molecule has 1 aliphatic carbocycles. The topological polar surface area (TPSA) is 45.5 Å². The fourth-order valence-electron chi connectivity index (χ4n) is 2.71. The quantitative estimate of drug-likeness (QED) is 0.610. The van der Waals surface area contributed by atoms with Gasteiger partial charge in [0.1, 0.15) is 0 Å².